The Labute approximate surface area is 105 Å². The van der Waals surface area contributed by atoms with E-state index in [9.17, 15) is 19.4 Å². The lowest BCUT2D eigenvalue weighted by Crippen LogP contribution is -2.43. The molecule has 5 heteroatoms. The Morgan fingerprint density at radius 2 is 2.00 bits per heavy atom. The summed E-state index contributed by atoms with van der Waals surface area (Å²) < 4.78 is 12.9. The first kappa shape index (κ1) is 14.6. The molecule has 0 heterocycles. The quantitative estimate of drug-likeness (QED) is 0.714. The van der Waals surface area contributed by atoms with Crippen molar-refractivity contribution in [1.29, 1.82) is 0 Å². The first-order valence-electron chi connectivity index (χ1n) is 5.80. The number of hydrogen-bond acceptors (Lipinski definition) is 3. The van der Waals surface area contributed by atoms with E-state index in [4.69, 9.17) is 5.73 Å². The molecule has 4 nitrogen and oxygen atoms in total. The van der Waals surface area contributed by atoms with Gasteiger partial charge in [0.15, 0.2) is 0 Å². The topological polar surface area (TPSA) is 83.5 Å². The van der Waals surface area contributed by atoms with Crippen LogP contribution in [0.3, 0.4) is 0 Å². The summed E-state index contributed by atoms with van der Waals surface area (Å²) in [6.07, 6.45) is -0.0704. The Kier molecular flexibility index (Phi) is 4.81. The highest BCUT2D eigenvalue weighted by atomic mass is 19.1. The van der Waals surface area contributed by atoms with Gasteiger partial charge in [0.2, 0.25) is 0 Å². The molecule has 4 N–H and O–H groups in total. The third-order valence-electron chi connectivity index (χ3n) is 3.14. The molecule has 100 valence electrons. The molecule has 18 heavy (non-hydrogen) atoms. The zero-order valence-electron chi connectivity index (χ0n) is 10.3. The fraction of sp³-hybridized carbons (Fsp3) is 0.462. The van der Waals surface area contributed by atoms with Crippen molar-refractivity contribution in [2.75, 3.05) is 6.54 Å². The summed E-state index contributed by atoms with van der Waals surface area (Å²) in [5.41, 5.74) is 4.79. The van der Waals surface area contributed by atoms with E-state index in [1.807, 2.05) is 0 Å². The Morgan fingerprint density at radius 1 is 1.44 bits per heavy atom. The van der Waals surface area contributed by atoms with Crippen LogP contribution in [0.15, 0.2) is 24.3 Å². The molecule has 0 radical (unpaired) electrons. The predicted octanol–water partition coefficient (Wildman–Crippen LogP) is 1.27. The summed E-state index contributed by atoms with van der Waals surface area (Å²) in [5.74, 6) is -1.48. The molecule has 1 aromatic carbocycles. The van der Waals surface area contributed by atoms with Gasteiger partial charge in [-0.2, -0.15) is 0 Å². The number of carboxylic acid groups (broad SMARTS) is 1. The number of carbonyl (C=O) groups is 1. The van der Waals surface area contributed by atoms with Gasteiger partial charge in [0, 0.05) is 6.54 Å². The van der Waals surface area contributed by atoms with Gasteiger partial charge in [-0.05, 0) is 37.5 Å². The van der Waals surface area contributed by atoms with Gasteiger partial charge in [-0.25, -0.2) is 4.39 Å². The minimum Gasteiger partial charge on any atom is -0.481 e. The molecule has 0 aliphatic heterocycles. The van der Waals surface area contributed by atoms with Gasteiger partial charge < -0.3 is 15.9 Å². The van der Waals surface area contributed by atoms with Gasteiger partial charge in [0.25, 0.3) is 0 Å². The largest absolute Gasteiger partial charge is 0.481 e. The molecule has 0 aliphatic carbocycles. The summed E-state index contributed by atoms with van der Waals surface area (Å²) in [5, 5.41) is 18.7. The summed E-state index contributed by atoms with van der Waals surface area (Å²) in [7, 11) is 0. The number of rotatable bonds is 6. The van der Waals surface area contributed by atoms with Crippen LogP contribution < -0.4 is 5.73 Å². The van der Waals surface area contributed by atoms with Crippen LogP contribution in [0.4, 0.5) is 4.39 Å². The molecule has 2 unspecified atom stereocenters. The molecule has 1 rings (SSSR count). The molecule has 0 amide bonds. The van der Waals surface area contributed by atoms with Crippen LogP contribution in [0.5, 0.6) is 0 Å². The van der Waals surface area contributed by atoms with Gasteiger partial charge in [0.05, 0.1) is 6.10 Å². The van der Waals surface area contributed by atoms with Crippen LogP contribution in [0.2, 0.25) is 0 Å². The number of aliphatic hydroxyl groups is 1. The van der Waals surface area contributed by atoms with E-state index >= 15 is 0 Å². The second kappa shape index (κ2) is 5.93. The lowest BCUT2D eigenvalue weighted by atomic mass is 9.76. The van der Waals surface area contributed by atoms with Crippen molar-refractivity contribution in [1.82, 2.24) is 0 Å². The molecule has 0 bridgehead atoms. The maximum absolute atomic E-state index is 12.9. The van der Waals surface area contributed by atoms with Gasteiger partial charge in [-0.1, -0.05) is 12.1 Å². The van der Waals surface area contributed by atoms with Crippen LogP contribution >= 0.6 is 0 Å². The average molecular weight is 255 g/mol. The molecule has 2 atom stereocenters. The van der Waals surface area contributed by atoms with Gasteiger partial charge >= 0.3 is 5.97 Å². The maximum Gasteiger partial charge on any atom is 0.315 e. The standard InChI is InChI=1S/C13H18FNO3/c1-9(16)6-7-13(8-15,12(17)18)10-2-4-11(14)5-3-10/h2-5,9,16H,6-8,15H2,1H3,(H,17,18). The van der Waals surface area contributed by atoms with E-state index in [2.05, 4.69) is 0 Å². The third-order valence-corrected chi connectivity index (χ3v) is 3.14. The zero-order chi connectivity index (χ0) is 13.8. The molecular formula is C13H18FNO3. The number of halogens is 1. The Morgan fingerprint density at radius 3 is 2.39 bits per heavy atom. The van der Waals surface area contributed by atoms with Crippen molar-refractivity contribution in [3.8, 4) is 0 Å². The Balaban J connectivity index is 3.10. The highest BCUT2D eigenvalue weighted by Gasteiger charge is 2.38. The van der Waals surface area contributed by atoms with Crippen molar-refractivity contribution >= 4 is 5.97 Å². The smallest absolute Gasteiger partial charge is 0.315 e. The lowest BCUT2D eigenvalue weighted by molar-refractivity contribution is -0.144. The van der Waals surface area contributed by atoms with Crippen LogP contribution in [-0.4, -0.2) is 28.8 Å². The molecule has 0 aliphatic rings. The van der Waals surface area contributed by atoms with Crippen molar-refractivity contribution < 1.29 is 19.4 Å². The fourth-order valence-electron chi connectivity index (χ4n) is 1.91. The first-order chi connectivity index (χ1) is 8.42. The number of hydrogen-bond donors (Lipinski definition) is 3. The number of carboxylic acids is 1. The summed E-state index contributed by atoms with van der Waals surface area (Å²) in [6, 6.07) is 5.28. The summed E-state index contributed by atoms with van der Waals surface area (Å²) in [6.45, 7) is 1.49. The van der Waals surface area contributed by atoms with Gasteiger partial charge in [-0.15, -0.1) is 0 Å². The predicted molar refractivity (Wildman–Crippen MR) is 65.7 cm³/mol. The van der Waals surface area contributed by atoms with Gasteiger partial charge in [-0.3, -0.25) is 4.79 Å². The molecule has 0 saturated heterocycles. The van der Waals surface area contributed by atoms with Gasteiger partial charge in [0.1, 0.15) is 11.2 Å². The van der Waals surface area contributed by atoms with E-state index in [0.717, 1.165) is 0 Å². The number of aliphatic hydroxyl groups excluding tert-OH is 1. The third kappa shape index (κ3) is 3.05. The van der Waals surface area contributed by atoms with Crippen molar-refractivity contribution in [2.24, 2.45) is 5.73 Å². The van der Waals surface area contributed by atoms with Crippen LogP contribution in [0.1, 0.15) is 25.3 Å². The van der Waals surface area contributed by atoms with E-state index in [1.165, 1.54) is 24.3 Å². The Bertz CT molecular complexity index is 405. The molecule has 0 aromatic heterocycles. The zero-order valence-corrected chi connectivity index (χ0v) is 10.3. The monoisotopic (exact) mass is 255 g/mol. The molecule has 0 spiro atoms. The molecule has 0 fully saturated rings. The van der Waals surface area contributed by atoms with Crippen molar-refractivity contribution in [2.45, 2.75) is 31.3 Å². The molecule has 0 saturated carbocycles. The Hall–Kier alpha value is -1.46. The average Bonchev–Trinajstić information content (AvgIpc) is 2.31. The van der Waals surface area contributed by atoms with E-state index in [0.29, 0.717) is 12.0 Å². The fourth-order valence-corrected chi connectivity index (χ4v) is 1.91. The number of benzene rings is 1. The van der Waals surface area contributed by atoms with E-state index in [1.54, 1.807) is 6.92 Å². The van der Waals surface area contributed by atoms with E-state index in [-0.39, 0.29) is 13.0 Å². The molecule has 1 aromatic rings. The maximum atomic E-state index is 12.9. The second-order valence-electron chi connectivity index (χ2n) is 4.49. The minimum atomic E-state index is -1.27. The number of nitrogens with two attached hydrogens (primary N) is 1. The lowest BCUT2D eigenvalue weighted by Gasteiger charge is -2.29. The second-order valence-corrected chi connectivity index (χ2v) is 4.49. The number of aliphatic carboxylic acids is 1. The van der Waals surface area contributed by atoms with Crippen molar-refractivity contribution in [3.05, 3.63) is 35.6 Å². The van der Waals surface area contributed by atoms with Crippen LogP contribution in [-0.2, 0) is 10.2 Å². The summed E-state index contributed by atoms with van der Waals surface area (Å²) in [4.78, 5) is 11.5. The van der Waals surface area contributed by atoms with Crippen molar-refractivity contribution in [3.63, 3.8) is 0 Å². The first-order valence-corrected chi connectivity index (χ1v) is 5.80. The highest BCUT2D eigenvalue weighted by molar-refractivity contribution is 5.81. The van der Waals surface area contributed by atoms with Crippen LogP contribution in [0, 0.1) is 5.82 Å². The summed E-state index contributed by atoms with van der Waals surface area (Å²) >= 11 is 0. The minimum absolute atomic E-state index is 0.0965. The normalized spacial score (nSPS) is 16.0. The van der Waals surface area contributed by atoms with Crippen LogP contribution in [0.25, 0.3) is 0 Å². The highest BCUT2D eigenvalue weighted by Crippen LogP contribution is 2.30. The SMILES string of the molecule is CC(O)CCC(CN)(C(=O)O)c1ccc(F)cc1. The van der Waals surface area contributed by atoms with E-state index < -0.39 is 23.3 Å². The molecular weight excluding hydrogens is 237 g/mol.